The first-order valence-electron chi connectivity index (χ1n) is 7.98. The maximum atomic E-state index is 12.4. The highest BCUT2D eigenvalue weighted by atomic mass is 16.3. The molecule has 2 aromatic heterocycles. The van der Waals surface area contributed by atoms with Crippen molar-refractivity contribution in [1.29, 1.82) is 0 Å². The van der Waals surface area contributed by atoms with E-state index in [1.165, 1.54) is 18.3 Å². The molecule has 0 bridgehead atoms. The van der Waals surface area contributed by atoms with Gasteiger partial charge in [0.05, 0.1) is 23.0 Å². The van der Waals surface area contributed by atoms with Crippen molar-refractivity contribution >= 4 is 11.8 Å². The van der Waals surface area contributed by atoms with Gasteiger partial charge in [0.15, 0.2) is 5.82 Å². The summed E-state index contributed by atoms with van der Waals surface area (Å²) in [5, 5.41) is 13.9. The monoisotopic (exact) mass is 351 g/mol. The number of benzene rings is 1. The summed E-state index contributed by atoms with van der Waals surface area (Å²) in [5.41, 5.74) is 5.68. The van der Waals surface area contributed by atoms with Crippen LogP contribution in [-0.4, -0.2) is 31.7 Å². The summed E-state index contributed by atoms with van der Waals surface area (Å²) in [4.78, 5) is 28.7. The van der Waals surface area contributed by atoms with Gasteiger partial charge in [-0.1, -0.05) is 25.1 Å². The van der Waals surface area contributed by atoms with Crippen LogP contribution in [0.1, 0.15) is 33.3 Å². The minimum atomic E-state index is -0.619. The Hall–Kier alpha value is -3.68. The zero-order valence-electron chi connectivity index (χ0n) is 14.0. The number of aromatic nitrogens is 3. The molecule has 3 aromatic rings. The van der Waals surface area contributed by atoms with Gasteiger partial charge in [-0.2, -0.15) is 5.10 Å². The lowest BCUT2D eigenvalue weighted by Crippen LogP contribution is -2.41. The topological polar surface area (TPSA) is 109 Å². The van der Waals surface area contributed by atoms with Gasteiger partial charge in [0.1, 0.15) is 5.75 Å². The van der Waals surface area contributed by atoms with Crippen LogP contribution in [0.3, 0.4) is 0 Å². The van der Waals surface area contributed by atoms with E-state index in [1.54, 1.807) is 35.1 Å². The minimum Gasteiger partial charge on any atom is -0.507 e. The number of carbonyl (C=O) groups excluding carboxylic acids is 2. The SMILES string of the molecule is CCc1c(C(=O)NNC(=O)c2ccccc2O)cnn1-c1ccccn1. The first-order chi connectivity index (χ1) is 12.6. The van der Waals surface area contributed by atoms with E-state index in [-0.39, 0.29) is 11.3 Å². The van der Waals surface area contributed by atoms with E-state index in [2.05, 4.69) is 20.9 Å². The molecule has 0 fully saturated rings. The number of amides is 2. The highest BCUT2D eigenvalue weighted by molar-refractivity contribution is 6.00. The predicted molar refractivity (Wildman–Crippen MR) is 93.8 cm³/mol. The molecule has 0 unspecified atom stereocenters. The van der Waals surface area contributed by atoms with Gasteiger partial charge in [-0.05, 0) is 30.7 Å². The van der Waals surface area contributed by atoms with Gasteiger partial charge in [0, 0.05) is 6.20 Å². The summed E-state index contributed by atoms with van der Waals surface area (Å²) in [5.74, 6) is -0.697. The number of phenols is 1. The summed E-state index contributed by atoms with van der Waals surface area (Å²) in [6.07, 6.45) is 3.62. The minimum absolute atomic E-state index is 0.0627. The van der Waals surface area contributed by atoms with Crippen molar-refractivity contribution in [3.05, 3.63) is 71.7 Å². The number of pyridine rings is 1. The van der Waals surface area contributed by atoms with Crippen LogP contribution >= 0.6 is 0 Å². The third kappa shape index (κ3) is 3.39. The summed E-state index contributed by atoms with van der Waals surface area (Å²) >= 11 is 0. The van der Waals surface area contributed by atoms with Crippen molar-refractivity contribution in [3.8, 4) is 11.6 Å². The maximum Gasteiger partial charge on any atom is 0.273 e. The van der Waals surface area contributed by atoms with Gasteiger partial charge in [-0.3, -0.25) is 20.4 Å². The number of para-hydroxylation sites is 1. The second-order valence-electron chi connectivity index (χ2n) is 5.38. The Kier molecular flexibility index (Phi) is 4.93. The first kappa shape index (κ1) is 17.2. The number of nitrogens with one attached hydrogen (secondary N) is 2. The Balaban J connectivity index is 1.76. The molecule has 0 aliphatic heterocycles. The number of hydrogen-bond donors (Lipinski definition) is 3. The fraction of sp³-hybridized carbons (Fsp3) is 0.111. The Morgan fingerprint density at radius 1 is 1.04 bits per heavy atom. The zero-order chi connectivity index (χ0) is 18.5. The van der Waals surface area contributed by atoms with Gasteiger partial charge in [0.25, 0.3) is 11.8 Å². The Bertz CT molecular complexity index is 937. The van der Waals surface area contributed by atoms with E-state index >= 15 is 0 Å². The first-order valence-corrected chi connectivity index (χ1v) is 7.98. The van der Waals surface area contributed by atoms with Crippen LogP contribution in [0, 0.1) is 0 Å². The van der Waals surface area contributed by atoms with Crippen molar-refractivity contribution in [2.75, 3.05) is 0 Å². The van der Waals surface area contributed by atoms with Gasteiger partial charge >= 0.3 is 0 Å². The Morgan fingerprint density at radius 2 is 1.73 bits per heavy atom. The van der Waals surface area contributed by atoms with Crippen LogP contribution in [0.25, 0.3) is 5.82 Å². The van der Waals surface area contributed by atoms with Crippen molar-refractivity contribution in [1.82, 2.24) is 25.6 Å². The Morgan fingerprint density at radius 3 is 2.38 bits per heavy atom. The molecule has 2 amide bonds. The molecule has 26 heavy (non-hydrogen) atoms. The van der Waals surface area contributed by atoms with E-state index in [9.17, 15) is 14.7 Å². The lowest BCUT2D eigenvalue weighted by atomic mass is 10.2. The average molecular weight is 351 g/mol. The molecule has 8 nitrogen and oxygen atoms in total. The lowest BCUT2D eigenvalue weighted by molar-refractivity contribution is 0.0844. The van der Waals surface area contributed by atoms with Crippen molar-refractivity contribution < 1.29 is 14.7 Å². The summed E-state index contributed by atoms with van der Waals surface area (Å²) in [6, 6.07) is 11.5. The van der Waals surface area contributed by atoms with Crippen molar-refractivity contribution in [2.24, 2.45) is 0 Å². The van der Waals surface area contributed by atoms with E-state index in [1.807, 2.05) is 13.0 Å². The molecule has 0 radical (unpaired) electrons. The smallest absolute Gasteiger partial charge is 0.273 e. The fourth-order valence-corrected chi connectivity index (χ4v) is 2.49. The van der Waals surface area contributed by atoms with Crippen molar-refractivity contribution in [3.63, 3.8) is 0 Å². The van der Waals surface area contributed by atoms with Crippen LogP contribution in [0.2, 0.25) is 0 Å². The van der Waals surface area contributed by atoms with Crippen molar-refractivity contribution in [2.45, 2.75) is 13.3 Å². The normalized spacial score (nSPS) is 10.3. The number of hydrogen-bond acceptors (Lipinski definition) is 5. The van der Waals surface area contributed by atoms with Gasteiger partial charge < -0.3 is 5.11 Å². The molecule has 8 heteroatoms. The van der Waals surface area contributed by atoms with E-state index in [0.29, 0.717) is 23.5 Å². The lowest BCUT2D eigenvalue weighted by Gasteiger charge is -2.09. The number of aromatic hydroxyl groups is 1. The molecule has 0 aliphatic carbocycles. The highest BCUT2D eigenvalue weighted by Crippen LogP contribution is 2.16. The van der Waals surface area contributed by atoms with Crippen LogP contribution in [0.4, 0.5) is 0 Å². The van der Waals surface area contributed by atoms with Gasteiger partial charge in [-0.25, -0.2) is 9.67 Å². The molecule has 1 aromatic carbocycles. The molecule has 0 spiro atoms. The number of phenolic OH excluding ortho intramolecular Hbond substituents is 1. The third-order valence-corrected chi connectivity index (χ3v) is 3.75. The average Bonchev–Trinajstić information content (AvgIpc) is 3.11. The van der Waals surface area contributed by atoms with Crippen LogP contribution in [0.15, 0.2) is 54.9 Å². The number of rotatable bonds is 4. The molecule has 0 atom stereocenters. The maximum absolute atomic E-state index is 12.4. The summed E-state index contributed by atoms with van der Waals surface area (Å²) in [6.45, 7) is 1.90. The quantitative estimate of drug-likeness (QED) is 0.619. The molecule has 132 valence electrons. The number of carbonyl (C=O) groups is 2. The molecular weight excluding hydrogens is 334 g/mol. The van der Waals surface area contributed by atoms with Crippen LogP contribution in [0.5, 0.6) is 5.75 Å². The summed E-state index contributed by atoms with van der Waals surface area (Å²) < 4.78 is 1.58. The molecule has 3 rings (SSSR count). The van der Waals surface area contributed by atoms with Gasteiger partial charge in [0.2, 0.25) is 0 Å². The standard InChI is InChI=1S/C18H17N5O3/c1-2-14-13(11-20-23(14)16-9-5-6-10-19-16)18(26)22-21-17(25)12-7-3-4-8-15(12)24/h3-11,24H,2H2,1H3,(H,21,25)(H,22,26). The molecule has 0 aliphatic rings. The number of nitrogens with zero attached hydrogens (tertiary/aromatic N) is 3. The molecule has 3 N–H and O–H groups in total. The van der Waals surface area contributed by atoms with E-state index in [0.717, 1.165) is 0 Å². The second-order valence-corrected chi connectivity index (χ2v) is 5.38. The Labute approximate surface area is 149 Å². The predicted octanol–water partition coefficient (Wildman–Crippen LogP) is 1.61. The van der Waals surface area contributed by atoms with Gasteiger partial charge in [-0.15, -0.1) is 0 Å². The zero-order valence-corrected chi connectivity index (χ0v) is 14.0. The van der Waals surface area contributed by atoms with Crippen LogP contribution < -0.4 is 10.9 Å². The third-order valence-electron chi connectivity index (χ3n) is 3.75. The number of hydrazine groups is 1. The van der Waals surface area contributed by atoms with E-state index in [4.69, 9.17) is 0 Å². The molecular formula is C18H17N5O3. The second kappa shape index (κ2) is 7.47. The fourth-order valence-electron chi connectivity index (χ4n) is 2.49. The largest absolute Gasteiger partial charge is 0.507 e. The molecule has 2 heterocycles. The summed E-state index contributed by atoms with van der Waals surface area (Å²) in [7, 11) is 0. The van der Waals surface area contributed by atoms with Crippen LogP contribution in [-0.2, 0) is 6.42 Å². The molecule has 0 saturated carbocycles. The highest BCUT2D eigenvalue weighted by Gasteiger charge is 2.19. The molecule has 0 saturated heterocycles. The van der Waals surface area contributed by atoms with E-state index < -0.39 is 11.8 Å².